The first-order chi connectivity index (χ1) is 1.41. The summed E-state index contributed by atoms with van der Waals surface area (Å²) < 4.78 is 0. The average Bonchev–Trinajstić information content (AvgIpc) is 0.918. The van der Waals surface area contributed by atoms with Crippen molar-refractivity contribution in [3.63, 3.8) is 0 Å². The molecule has 4 nitrogen and oxygen atoms in total. The molecule has 0 spiro atoms. The van der Waals surface area contributed by atoms with E-state index in [9.17, 15) is 0 Å². The van der Waals surface area contributed by atoms with Gasteiger partial charge in [0.15, 0.2) is 0 Å². The van der Waals surface area contributed by atoms with E-state index >= 15 is 0 Å². The molecule has 0 saturated carbocycles. The van der Waals surface area contributed by atoms with Gasteiger partial charge in [-0.15, -0.1) is 0 Å². The van der Waals surface area contributed by atoms with Crippen molar-refractivity contribution in [1.82, 2.24) is 0 Å². The van der Waals surface area contributed by atoms with Crippen LogP contribution in [0.5, 0.6) is 0 Å². The fourth-order valence-corrected chi connectivity index (χ4v) is 0. The minimum Gasteiger partial charge on any atom is -2.00 e. The number of rotatable bonds is 0. The number of hydrogen-bond donors (Lipinski definition) is 1. The number of hydrogen-bond acceptors (Lipinski definition) is 1. The maximum atomic E-state index is 7.57. The van der Waals surface area contributed by atoms with Crippen molar-refractivity contribution in [2.45, 2.75) is 6.92 Å². The normalized spacial score (nSPS) is 2.25. The van der Waals surface area contributed by atoms with Crippen LogP contribution in [0.25, 0.3) is 0 Å². The molecule has 0 aromatic rings. The number of aliphatic hydroxyl groups excluding tert-OH is 1. The predicted octanol–water partition coefficient (Wildman–Crippen LogP) is -1.12. The van der Waals surface area contributed by atoms with Crippen LogP contribution in [0.1, 0.15) is 6.92 Å². The molecule has 0 saturated heterocycles. The molecule has 0 aromatic heterocycles. The third-order valence-electron chi connectivity index (χ3n) is 0. The van der Waals surface area contributed by atoms with Crippen molar-refractivity contribution < 1.29 is 21.5 Å². The fraction of sp³-hybridized carbons (Fsp3) is 1.00. The van der Waals surface area contributed by atoms with Crippen molar-refractivity contribution in [3.8, 4) is 0 Å². The molecule has 6 heteroatoms. The Labute approximate surface area is 70.1 Å². The summed E-state index contributed by atoms with van der Waals surface area (Å²) in [4.78, 5) is 0. The maximum Gasteiger partial charge on any atom is 3.00 e. The molecule has 0 aliphatic carbocycles. The topological polar surface area (TPSA) is 106 Å². The van der Waals surface area contributed by atoms with E-state index in [0.29, 0.717) is 0 Å². The molecule has 0 aliphatic rings. The van der Waals surface area contributed by atoms with Gasteiger partial charge in [0.05, 0.1) is 0 Å². The molecule has 0 unspecified atom stereocenters. The van der Waals surface area contributed by atoms with Crippen LogP contribution < -0.4 is 0 Å². The van der Waals surface area contributed by atoms with Gasteiger partial charge in [-0.05, 0) is 6.92 Å². The SMILES string of the molecule is CCO.[Al+3].[Al+3].[O-2].[O-2].[O-2]. The third-order valence-corrected chi connectivity index (χ3v) is 0. The second-order valence-electron chi connectivity index (χ2n) is 0.316. The van der Waals surface area contributed by atoms with Crippen molar-refractivity contribution >= 4 is 34.7 Å². The Hall–Kier alpha value is 0.905. The summed E-state index contributed by atoms with van der Waals surface area (Å²) >= 11 is 0. The maximum absolute atomic E-state index is 7.57. The van der Waals surface area contributed by atoms with E-state index in [4.69, 9.17) is 5.11 Å². The predicted molar refractivity (Wildman–Crippen MR) is 26.3 cm³/mol. The van der Waals surface area contributed by atoms with Crippen LogP contribution in [-0.2, 0) is 16.4 Å². The number of aliphatic hydroxyl groups is 1. The van der Waals surface area contributed by atoms with Crippen molar-refractivity contribution in [3.05, 3.63) is 0 Å². The molecule has 0 aromatic carbocycles. The quantitative estimate of drug-likeness (QED) is 0.431. The Morgan fingerprint density at radius 3 is 1.00 bits per heavy atom. The fourth-order valence-electron chi connectivity index (χ4n) is 0. The van der Waals surface area contributed by atoms with E-state index < -0.39 is 0 Å². The Kier molecular flexibility index (Phi) is 856. The Bertz CT molecular complexity index is 12.0. The van der Waals surface area contributed by atoms with Crippen molar-refractivity contribution in [2.24, 2.45) is 0 Å². The first-order valence-corrected chi connectivity index (χ1v) is 1.02. The van der Waals surface area contributed by atoms with Gasteiger partial charge in [0.2, 0.25) is 0 Å². The second kappa shape index (κ2) is 104. The van der Waals surface area contributed by atoms with Crippen LogP contribution in [0.4, 0.5) is 0 Å². The van der Waals surface area contributed by atoms with Crippen LogP contribution in [0, 0.1) is 0 Å². The van der Waals surface area contributed by atoms with E-state index in [-0.39, 0.29) is 57.8 Å². The van der Waals surface area contributed by atoms with Gasteiger partial charge in [0.25, 0.3) is 0 Å². The molecule has 0 bridgehead atoms. The molecule has 0 fully saturated rings. The van der Waals surface area contributed by atoms with E-state index in [0.717, 1.165) is 0 Å². The monoisotopic (exact) mass is 148 g/mol. The van der Waals surface area contributed by atoms with Gasteiger partial charge in [-0.1, -0.05) is 0 Å². The molecule has 0 heterocycles. The molecule has 0 radical (unpaired) electrons. The summed E-state index contributed by atoms with van der Waals surface area (Å²) in [6.07, 6.45) is 0. The van der Waals surface area contributed by atoms with Crippen LogP contribution >= 0.6 is 0 Å². The summed E-state index contributed by atoms with van der Waals surface area (Å²) in [5, 5.41) is 7.57. The summed E-state index contributed by atoms with van der Waals surface area (Å²) in [5.74, 6) is 0. The molecule has 0 aliphatic heterocycles. The zero-order valence-electron chi connectivity index (χ0n) is 4.53. The smallest absolute Gasteiger partial charge is 2.00 e. The van der Waals surface area contributed by atoms with Crippen molar-refractivity contribution in [1.29, 1.82) is 0 Å². The van der Waals surface area contributed by atoms with Crippen LogP contribution in [0.3, 0.4) is 0 Å². The molecule has 0 amide bonds. The van der Waals surface area contributed by atoms with Gasteiger partial charge in [0, 0.05) is 6.61 Å². The van der Waals surface area contributed by atoms with Crippen LogP contribution in [-0.4, -0.2) is 46.4 Å². The third kappa shape index (κ3) is 294. The summed E-state index contributed by atoms with van der Waals surface area (Å²) in [6, 6.07) is 0. The van der Waals surface area contributed by atoms with Gasteiger partial charge in [-0.25, -0.2) is 0 Å². The molecular formula is C2H6Al2O4. The zero-order chi connectivity index (χ0) is 2.71. The Morgan fingerprint density at radius 2 is 1.00 bits per heavy atom. The molecule has 1 N–H and O–H groups in total. The first-order valence-electron chi connectivity index (χ1n) is 1.02. The van der Waals surface area contributed by atoms with E-state index in [1.165, 1.54) is 0 Å². The first kappa shape index (κ1) is 65.9. The summed E-state index contributed by atoms with van der Waals surface area (Å²) in [7, 11) is 0. The summed E-state index contributed by atoms with van der Waals surface area (Å²) in [6.45, 7) is 1.93. The molecule has 44 valence electrons. The molecule has 0 rings (SSSR count). The zero-order valence-corrected chi connectivity index (χ0v) is 6.84. The van der Waals surface area contributed by atoms with E-state index in [2.05, 4.69) is 0 Å². The van der Waals surface area contributed by atoms with E-state index in [1.54, 1.807) is 6.92 Å². The minimum absolute atomic E-state index is 0. The van der Waals surface area contributed by atoms with Gasteiger partial charge >= 0.3 is 34.7 Å². The van der Waals surface area contributed by atoms with Crippen molar-refractivity contribution in [2.75, 3.05) is 6.61 Å². The molecule has 8 heavy (non-hydrogen) atoms. The van der Waals surface area contributed by atoms with Crippen LogP contribution in [0.2, 0.25) is 0 Å². The van der Waals surface area contributed by atoms with Gasteiger partial charge < -0.3 is 21.5 Å². The Morgan fingerprint density at radius 1 is 1.00 bits per heavy atom. The Balaban J connectivity index is -0.00000000200. The second-order valence-corrected chi connectivity index (χ2v) is 0.316. The average molecular weight is 148 g/mol. The van der Waals surface area contributed by atoms with Gasteiger partial charge in [-0.2, -0.15) is 0 Å². The minimum atomic E-state index is 0. The largest absolute Gasteiger partial charge is 3.00 e. The van der Waals surface area contributed by atoms with Gasteiger partial charge in [0.1, 0.15) is 0 Å². The van der Waals surface area contributed by atoms with Crippen LogP contribution in [0.15, 0.2) is 0 Å². The van der Waals surface area contributed by atoms with E-state index in [1.807, 2.05) is 0 Å². The standard InChI is InChI=1S/C2H6O.2Al.3O/c1-2-3;;;;;/h3H,2H2,1H3;;;;;/q;2*+3;3*-2. The molecular weight excluding hydrogens is 142 g/mol. The summed E-state index contributed by atoms with van der Waals surface area (Å²) in [5.41, 5.74) is 0. The van der Waals surface area contributed by atoms with Gasteiger partial charge in [-0.3, -0.25) is 0 Å². The molecule has 0 atom stereocenters.